The van der Waals surface area contributed by atoms with Gasteiger partial charge in [0.05, 0.1) is 17.0 Å². The van der Waals surface area contributed by atoms with Gasteiger partial charge in [-0.1, -0.05) is 23.9 Å². The second-order valence-corrected chi connectivity index (χ2v) is 6.48. The van der Waals surface area contributed by atoms with Crippen LogP contribution in [0.3, 0.4) is 0 Å². The molecule has 8 nitrogen and oxygen atoms in total. The third kappa shape index (κ3) is 4.32. The third-order valence-electron chi connectivity index (χ3n) is 3.77. The summed E-state index contributed by atoms with van der Waals surface area (Å²) in [5.41, 5.74) is 6.90. The number of nitrogens with one attached hydrogen (secondary N) is 1. The fourth-order valence-electron chi connectivity index (χ4n) is 2.52. The fourth-order valence-corrected chi connectivity index (χ4v) is 3.32. The number of amides is 2. The summed E-state index contributed by atoms with van der Waals surface area (Å²) in [6, 6.07) is 10.3. The van der Waals surface area contributed by atoms with Crippen molar-refractivity contribution in [1.29, 1.82) is 0 Å². The van der Waals surface area contributed by atoms with Crippen molar-refractivity contribution >= 4 is 29.3 Å². The van der Waals surface area contributed by atoms with Gasteiger partial charge < -0.3 is 15.6 Å². The van der Waals surface area contributed by atoms with Gasteiger partial charge in [-0.05, 0) is 31.2 Å². The Morgan fingerprint density at radius 1 is 1.15 bits per heavy atom. The van der Waals surface area contributed by atoms with Crippen LogP contribution in [0.2, 0.25) is 0 Å². The van der Waals surface area contributed by atoms with Gasteiger partial charge in [-0.2, -0.15) is 0 Å². The number of carbonyl (C=O) groups excluding carboxylic acids is 2. The van der Waals surface area contributed by atoms with Crippen LogP contribution in [0.5, 0.6) is 0 Å². The number of hydrogen-bond acceptors (Lipinski definition) is 6. The number of primary amides is 1. The first-order chi connectivity index (χ1) is 13.1. The van der Waals surface area contributed by atoms with Crippen LogP contribution >= 0.6 is 11.8 Å². The molecule has 0 saturated carbocycles. The Hall–Kier alpha value is -3.20. The van der Waals surface area contributed by atoms with Crippen molar-refractivity contribution in [3.63, 3.8) is 0 Å². The van der Waals surface area contributed by atoms with Crippen LogP contribution in [0, 0.1) is 0 Å². The molecule has 0 fully saturated rings. The lowest BCUT2D eigenvalue weighted by Crippen LogP contribution is -2.19. The maximum Gasteiger partial charge on any atom is 0.250 e. The Labute approximate surface area is 160 Å². The average molecular weight is 382 g/mol. The van der Waals surface area contributed by atoms with Crippen LogP contribution < -0.4 is 11.1 Å². The van der Waals surface area contributed by atoms with Crippen molar-refractivity contribution in [2.75, 3.05) is 11.1 Å². The topological polar surface area (TPSA) is 116 Å². The summed E-state index contributed by atoms with van der Waals surface area (Å²) in [6.07, 6.45) is 3.39. The van der Waals surface area contributed by atoms with Crippen LogP contribution in [0.4, 0.5) is 5.69 Å². The fraction of sp³-hybridized carbons (Fsp3) is 0.167. The molecule has 0 aliphatic heterocycles. The van der Waals surface area contributed by atoms with Gasteiger partial charge in [-0.3, -0.25) is 14.6 Å². The SMILES string of the molecule is CCn1c(SCC(=O)Nc2ccccc2C(N)=O)nnc1-c1ccncc1. The van der Waals surface area contributed by atoms with E-state index in [0.29, 0.717) is 17.4 Å². The quantitative estimate of drug-likeness (QED) is 0.605. The molecule has 27 heavy (non-hydrogen) atoms. The largest absolute Gasteiger partial charge is 0.366 e. The molecule has 0 radical (unpaired) electrons. The molecule has 2 aromatic heterocycles. The second-order valence-electron chi connectivity index (χ2n) is 5.53. The lowest BCUT2D eigenvalue weighted by atomic mass is 10.1. The van der Waals surface area contributed by atoms with Gasteiger partial charge in [0.2, 0.25) is 5.91 Å². The minimum absolute atomic E-state index is 0.127. The number of nitrogens with zero attached hydrogens (tertiary/aromatic N) is 4. The van der Waals surface area contributed by atoms with Gasteiger partial charge in [0.25, 0.3) is 5.91 Å². The van der Waals surface area contributed by atoms with E-state index in [9.17, 15) is 9.59 Å². The smallest absolute Gasteiger partial charge is 0.250 e. The number of thioether (sulfide) groups is 1. The lowest BCUT2D eigenvalue weighted by molar-refractivity contribution is -0.113. The zero-order chi connectivity index (χ0) is 19.2. The molecule has 3 aromatic rings. The summed E-state index contributed by atoms with van der Waals surface area (Å²) in [4.78, 5) is 27.7. The van der Waals surface area contributed by atoms with Crippen LogP contribution in [0.25, 0.3) is 11.4 Å². The second kappa shape index (κ2) is 8.45. The molecule has 0 aliphatic carbocycles. The molecule has 3 rings (SSSR count). The Kier molecular flexibility index (Phi) is 5.82. The highest BCUT2D eigenvalue weighted by Gasteiger charge is 2.15. The van der Waals surface area contributed by atoms with E-state index < -0.39 is 5.91 Å². The van der Waals surface area contributed by atoms with E-state index in [1.165, 1.54) is 11.8 Å². The highest BCUT2D eigenvalue weighted by Crippen LogP contribution is 2.24. The molecule has 1 aromatic carbocycles. The molecular formula is C18H18N6O2S. The molecule has 2 heterocycles. The first-order valence-corrected chi connectivity index (χ1v) is 9.23. The third-order valence-corrected chi connectivity index (χ3v) is 4.74. The average Bonchev–Trinajstić information content (AvgIpc) is 3.10. The first-order valence-electron chi connectivity index (χ1n) is 8.25. The number of benzene rings is 1. The predicted octanol–water partition coefficient (Wildman–Crippen LogP) is 2.19. The van der Waals surface area contributed by atoms with Gasteiger partial charge in [0.15, 0.2) is 11.0 Å². The standard InChI is InChI=1S/C18H18N6O2S/c1-2-24-17(12-7-9-20-10-8-12)22-23-18(24)27-11-15(25)21-14-6-4-3-5-13(14)16(19)26/h3-10H,2,11H2,1H3,(H2,19,26)(H,21,25). The van der Waals surface area contributed by atoms with Gasteiger partial charge in [-0.25, -0.2) is 0 Å². The summed E-state index contributed by atoms with van der Waals surface area (Å²) in [6.45, 7) is 2.65. The van der Waals surface area contributed by atoms with Crippen molar-refractivity contribution in [3.05, 3.63) is 54.4 Å². The zero-order valence-electron chi connectivity index (χ0n) is 14.6. The molecule has 138 valence electrons. The lowest BCUT2D eigenvalue weighted by Gasteiger charge is -2.09. The summed E-state index contributed by atoms with van der Waals surface area (Å²) in [5, 5.41) is 11.8. The number of anilines is 1. The van der Waals surface area contributed by atoms with E-state index in [0.717, 1.165) is 11.4 Å². The molecule has 9 heteroatoms. The maximum atomic E-state index is 12.3. The zero-order valence-corrected chi connectivity index (χ0v) is 15.4. The number of hydrogen-bond donors (Lipinski definition) is 2. The summed E-state index contributed by atoms with van der Waals surface area (Å²) < 4.78 is 1.94. The molecule has 0 unspecified atom stereocenters. The van der Waals surface area contributed by atoms with Crippen molar-refractivity contribution in [2.45, 2.75) is 18.6 Å². The minimum Gasteiger partial charge on any atom is -0.366 e. The maximum absolute atomic E-state index is 12.3. The summed E-state index contributed by atoms with van der Waals surface area (Å²) >= 11 is 1.27. The Balaban J connectivity index is 1.70. The molecule has 2 amide bonds. The number of carbonyl (C=O) groups is 2. The molecular weight excluding hydrogens is 364 g/mol. The van der Waals surface area contributed by atoms with E-state index >= 15 is 0 Å². The molecule has 0 saturated heterocycles. The highest BCUT2D eigenvalue weighted by atomic mass is 32.2. The van der Waals surface area contributed by atoms with E-state index in [2.05, 4.69) is 20.5 Å². The van der Waals surface area contributed by atoms with E-state index in [-0.39, 0.29) is 17.2 Å². The monoisotopic (exact) mass is 382 g/mol. The van der Waals surface area contributed by atoms with E-state index in [4.69, 9.17) is 5.73 Å². The van der Waals surface area contributed by atoms with Crippen LogP contribution in [0.15, 0.2) is 53.9 Å². The number of nitrogens with two attached hydrogens (primary N) is 1. The number of para-hydroxylation sites is 1. The predicted molar refractivity (Wildman–Crippen MR) is 103 cm³/mol. The van der Waals surface area contributed by atoms with Gasteiger partial charge in [0, 0.05) is 24.5 Å². The Morgan fingerprint density at radius 3 is 2.59 bits per heavy atom. The van der Waals surface area contributed by atoms with Crippen molar-refractivity contribution in [2.24, 2.45) is 5.73 Å². The summed E-state index contributed by atoms with van der Waals surface area (Å²) in [5.74, 6) is -0.000319. The number of pyridine rings is 1. The van der Waals surface area contributed by atoms with Crippen molar-refractivity contribution < 1.29 is 9.59 Å². The minimum atomic E-state index is -0.591. The highest BCUT2D eigenvalue weighted by molar-refractivity contribution is 7.99. The number of aromatic nitrogens is 4. The van der Waals surface area contributed by atoms with Crippen molar-refractivity contribution in [1.82, 2.24) is 19.7 Å². The molecule has 0 aliphatic rings. The Morgan fingerprint density at radius 2 is 1.89 bits per heavy atom. The van der Waals surface area contributed by atoms with Gasteiger partial charge in [0.1, 0.15) is 0 Å². The Bertz CT molecular complexity index is 957. The van der Waals surface area contributed by atoms with Gasteiger partial charge >= 0.3 is 0 Å². The molecule has 0 bridgehead atoms. The number of rotatable bonds is 7. The van der Waals surface area contributed by atoms with Gasteiger partial charge in [-0.15, -0.1) is 10.2 Å². The van der Waals surface area contributed by atoms with E-state index in [1.54, 1.807) is 36.7 Å². The van der Waals surface area contributed by atoms with Crippen LogP contribution in [-0.2, 0) is 11.3 Å². The normalized spacial score (nSPS) is 10.6. The summed E-state index contributed by atoms with van der Waals surface area (Å²) in [7, 11) is 0. The van der Waals surface area contributed by atoms with E-state index in [1.807, 2.05) is 23.6 Å². The molecule has 0 spiro atoms. The van der Waals surface area contributed by atoms with Crippen LogP contribution in [-0.4, -0.2) is 37.3 Å². The van der Waals surface area contributed by atoms with Crippen molar-refractivity contribution in [3.8, 4) is 11.4 Å². The molecule has 3 N–H and O–H groups in total. The van der Waals surface area contributed by atoms with Crippen LogP contribution in [0.1, 0.15) is 17.3 Å². The molecule has 0 atom stereocenters. The first kappa shape index (κ1) is 18.6.